The first kappa shape index (κ1) is 24.9. The summed E-state index contributed by atoms with van der Waals surface area (Å²) in [5, 5.41) is 0. The predicted molar refractivity (Wildman–Crippen MR) is 129 cm³/mol. The number of rotatable bonds is 5. The molecule has 0 heterocycles. The first-order valence-electron chi connectivity index (χ1n) is 9.95. The van der Waals surface area contributed by atoms with Gasteiger partial charge in [0.2, 0.25) is 0 Å². The molecule has 0 unspecified atom stereocenters. The fourth-order valence-corrected chi connectivity index (χ4v) is 20.4. The Morgan fingerprint density at radius 2 is 1.26 bits per heavy atom. The molecule has 0 spiro atoms. The van der Waals surface area contributed by atoms with Crippen molar-refractivity contribution in [2.75, 3.05) is 0 Å². The van der Waals surface area contributed by atoms with Crippen molar-refractivity contribution >= 4 is 44.0 Å². The van der Waals surface area contributed by atoms with Gasteiger partial charge in [-0.15, -0.1) is 0 Å². The molecule has 6 heteroatoms. The molecule has 0 bridgehead atoms. The van der Waals surface area contributed by atoms with Crippen LogP contribution in [-0.2, 0) is 0 Å². The molecule has 0 N–H and O–H groups in total. The standard InChI is InChI=1S/C15H23N2.C6H18NSi2.Sn/c1-14(2,3)16-13(17-15(4,5)6)12-10-8-7-9-11-12;1-8(2,3)7-9(4,5)6;/h7-11H,1-6H3;1-6H3;/q2*-1;+2. The first-order chi connectivity index (χ1) is 11.9. The van der Waals surface area contributed by atoms with Crippen LogP contribution >= 0.6 is 0 Å². The molecule has 0 aliphatic rings. The van der Waals surface area contributed by atoms with Gasteiger partial charge in [-0.3, -0.25) is 0 Å². The van der Waals surface area contributed by atoms with E-state index >= 15 is 0 Å². The number of amidine groups is 1. The van der Waals surface area contributed by atoms with Gasteiger partial charge in [0.1, 0.15) is 0 Å². The van der Waals surface area contributed by atoms with E-state index in [1.807, 2.05) is 0 Å². The molecule has 2 radical (unpaired) electrons. The van der Waals surface area contributed by atoms with Crippen molar-refractivity contribution < 1.29 is 0 Å². The Morgan fingerprint density at radius 1 is 0.815 bits per heavy atom. The number of hydrogen-bond acceptors (Lipinski definition) is 2. The number of aliphatic imine (C=N–C) groups is 1. The molecule has 0 saturated heterocycles. The van der Waals surface area contributed by atoms with E-state index in [1.54, 1.807) is 0 Å². The molecule has 0 atom stereocenters. The van der Waals surface area contributed by atoms with Crippen LogP contribution in [0.4, 0.5) is 0 Å². The topological polar surface area (TPSA) is 18.8 Å². The molecule has 152 valence electrons. The van der Waals surface area contributed by atoms with Gasteiger partial charge in [-0.1, -0.05) is 0 Å². The van der Waals surface area contributed by atoms with Crippen molar-refractivity contribution in [1.29, 1.82) is 0 Å². The molecule has 0 amide bonds. The molecular formula is C21H41N3Si2Sn. The molecule has 0 fully saturated rings. The van der Waals surface area contributed by atoms with Gasteiger partial charge in [0.05, 0.1) is 0 Å². The van der Waals surface area contributed by atoms with Crippen LogP contribution in [0.5, 0.6) is 0 Å². The molecular weight excluding hydrogens is 469 g/mol. The molecule has 0 saturated carbocycles. The summed E-state index contributed by atoms with van der Waals surface area (Å²) >= 11 is -1.04. The quantitative estimate of drug-likeness (QED) is 0.282. The molecule has 1 rings (SSSR count). The van der Waals surface area contributed by atoms with Crippen LogP contribution < -0.4 is 0 Å². The summed E-state index contributed by atoms with van der Waals surface area (Å²) in [6.07, 6.45) is 0. The zero-order valence-corrected chi connectivity index (χ0v) is 24.6. The molecule has 0 aromatic heterocycles. The minimum atomic E-state index is -1.40. The van der Waals surface area contributed by atoms with E-state index in [-0.39, 0.29) is 11.1 Å². The zero-order valence-electron chi connectivity index (χ0n) is 19.7. The normalized spacial score (nSPS) is 14.6. The van der Waals surface area contributed by atoms with Gasteiger partial charge in [-0.25, -0.2) is 0 Å². The summed E-state index contributed by atoms with van der Waals surface area (Å²) in [6, 6.07) is 10.8. The Labute approximate surface area is 181 Å². The van der Waals surface area contributed by atoms with Crippen LogP contribution in [0.25, 0.3) is 0 Å². The first-order valence-corrected chi connectivity index (χ1v) is 19.4. The number of benzene rings is 1. The number of nitrogens with zero attached hydrogens (tertiary/aromatic N) is 3. The summed E-state index contributed by atoms with van der Waals surface area (Å²) in [5.41, 5.74) is 1.20. The van der Waals surface area contributed by atoms with Crippen molar-refractivity contribution in [2.24, 2.45) is 4.99 Å². The summed E-state index contributed by atoms with van der Waals surface area (Å²) in [6.45, 7) is 28.7. The van der Waals surface area contributed by atoms with Gasteiger partial charge >= 0.3 is 182 Å². The van der Waals surface area contributed by atoms with Gasteiger partial charge in [0.25, 0.3) is 0 Å². The van der Waals surface area contributed by atoms with Gasteiger partial charge in [0, 0.05) is 0 Å². The van der Waals surface area contributed by atoms with E-state index in [9.17, 15) is 0 Å². The second kappa shape index (κ2) is 8.71. The summed E-state index contributed by atoms with van der Waals surface area (Å²) in [5.74, 6) is 1.18. The van der Waals surface area contributed by atoms with Gasteiger partial charge in [0.15, 0.2) is 0 Å². The summed E-state index contributed by atoms with van der Waals surface area (Å²) in [7, 11) is -2.79. The molecule has 27 heavy (non-hydrogen) atoms. The van der Waals surface area contributed by atoms with Crippen molar-refractivity contribution in [3.05, 3.63) is 35.9 Å². The fraction of sp³-hybridized carbons (Fsp3) is 0.667. The maximum atomic E-state index is 5.25. The second-order valence-corrected chi connectivity index (χ2v) is 27.0. The third-order valence-corrected chi connectivity index (χ3v) is 27.1. The number of hydrogen-bond donors (Lipinski definition) is 0. The maximum absolute atomic E-state index is 5.25. The molecule has 0 aliphatic heterocycles. The van der Waals surface area contributed by atoms with Crippen molar-refractivity contribution in [2.45, 2.75) is 91.9 Å². The van der Waals surface area contributed by atoms with Gasteiger partial charge in [-0.05, 0) is 0 Å². The van der Waals surface area contributed by atoms with E-state index in [1.165, 1.54) is 11.4 Å². The summed E-state index contributed by atoms with van der Waals surface area (Å²) in [4.78, 5) is 5.25. The Bertz CT molecular complexity index is 619. The van der Waals surface area contributed by atoms with E-state index in [4.69, 9.17) is 4.99 Å². The van der Waals surface area contributed by atoms with E-state index in [0.717, 1.165) is 0 Å². The monoisotopic (exact) mass is 511 g/mol. The summed E-state index contributed by atoms with van der Waals surface area (Å²) < 4.78 is 5.71. The van der Waals surface area contributed by atoms with Gasteiger partial charge in [-0.2, -0.15) is 0 Å². The Kier molecular flexibility index (Phi) is 8.04. The molecule has 0 aliphatic carbocycles. The Hall–Kier alpha value is -0.118. The van der Waals surface area contributed by atoms with E-state index < -0.39 is 38.2 Å². The zero-order chi connectivity index (χ0) is 21.3. The predicted octanol–water partition coefficient (Wildman–Crippen LogP) is 5.84. The fourth-order valence-electron chi connectivity index (χ4n) is 3.07. The second-order valence-electron chi connectivity index (χ2n) is 11.3. The SMILES string of the molecule is CC(C)(C)N=C(c1ccccc1)[N]([Sn][N]([Si](C)(C)C)[Si](C)(C)C)C(C)(C)C. The molecule has 1 aromatic carbocycles. The van der Waals surface area contributed by atoms with Crippen LogP contribution in [0.15, 0.2) is 35.3 Å². The van der Waals surface area contributed by atoms with E-state index in [2.05, 4.69) is 117 Å². The Morgan fingerprint density at radius 3 is 1.59 bits per heavy atom. The van der Waals surface area contributed by atoms with Crippen LogP contribution in [0.1, 0.15) is 47.1 Å². The third-order valence-electron chi connectivity index (χ3n) is 3.90. The van der Waals surface area contributed by atoms with Crippen LogP contribution in [0.2, 0.25) is 39.3 Å². The van der Waals surface area contributed by atoms with Crippen molar-refractivity contribution in [3.63, 3.8) is 0 Å². The van der Waals surface area contributed by atoms with Crippen LogP contribution in [0, 0.1) is 0 Å². The van der Waals surface area contributed by atoms with Crippen LogP contribution in [0.3, 0.4) is 0 Å². The van der Waals surface area contributed by atoms with Crippen molar-refractivity contribution in [1.82, 2.24) is 5.57 Å². The third kappa shape index (κ3) is 8.03. The molecule has 3 nitrogen and oxygen atoms in total. The average Bonchev–Trinajstić information content (AvgIpc) is 2.41. The van der Waals surface area contributed by atoms with Crippen molar-refractivity contribution in [3.8, 4) is 0 Å². The minimum absolute atomic E-state index is 0.0592. The Balaban J connectivity index is 3.56. The average molecular weight is 510 g/mol. The van der Waals surface area contributed by atoms with Gasteiger partial charge < -0.3 is 0 Å². The van der Waals surface area contributed by atoms with Crippen LogP contribution in [-0.4, -0.2) is 60.6 Å². The van der Waals surface area contributed by atoms with E-state index in [0.29, 0.717) is 0 Å². The molecule has 1 aromatic rings.